The lowest BCUT2D eigenvalue weighted by molar-refractivity contribution is -0.136. The number of nitrogens with one attached hydrogen (secondary N) is 1. The van der Waals surface area contributed by atoms with Gasteiger partial charge in [0, 0.05) is 42.9 Å². The molecule has 1 fully saturated rings. The molecule has 0 aliphatic carbocycles. The van der Waals surface area contributed by atoms with Crippen LogP contribution in [0.4, 0.5) is 8.78 Å². The Bertz CT molecular complexity index is 1280. The molecule has 1 saturated heterocycles. The number of halogens is 2. The Kier molecular flexibility index (Phi) is 5.03. The van der Waals surface area contributed by atoms with Crippen LogP contribution in [0.25, 0.3) is 22.5 Å². The molecule has 1 unspecified atom stereocenters. The lowest BCUT2D eigenvalue weighted by Gasteiger charge is -2.29. The number of rotatable bonds is 5. The molecule has 2 aromatic heterocycles. The predicted molar refractivity (Wildman–Crippen MR) is 112 cm³/mol. The SMILES string of the molecule is Cn1cnc(-c2ccc3c(c2)CN(C2CCC(=O)NC2=O)C3=O)c1-c1cnn(CC(F)F)c1. The number of imidazole rings is 1. The average Bonchev–Trinajstić information content (AvgIpc) is 3.45. The summed E-state index contributed by atoms with van der Waals surface area (Å²) in [5.41, 5.74) is 4.00. The van der Waals surface area contributed by atoms with Gasteiger partial charge in [0.05, 0.1) is 23.9 Å². The number of carbonyl (C=O) groups is 3. The highest BCUT2D eigenvalue weighted by molar-refractivity contribution is 6.05. The molecule has 3 aromatic rings. The van der Waals surface area contributed by atoms with E-state index >= 15 is 0 Å². The normalized spacial score (nSPS) is 18.2. The van der Waals surface area contributed by atoms with E-state index in [2.05, 4.69) is 15.4 Å². The summed E-state index contributed by atoms with van der Waals surface area (Å²) in [5, 5.41) is 6.31. The molecule has 0 radical (unpaired) electrons. The number of carbonyl (C=O) groups excluding carboxylic acids is 3. The molecule has 3 amide bonds. The van der Waals surface area contributed by atoms with E-state index in [0.717, 1.165) is 11.1 Å². The number of nitrogens with zero attached hydrogens (tertiary/aromatic N) is 5. The van der Waals surface area contributed by atoms with Gasteiger partial charge in [-0.15, -0.1) is 0 Å². The van der Waals surface area contributed by atoms with E-state index < -0.39 is 24.9 Å². The number of hydrogen-bond donors (Lipinski definition) is 1. The van der Waals surface area contributed by atoms with Gasteiger partial charge in [-0.2, -0.15) is 5.10 Å². The van der Waals surface area contributed by atoms with Crippen molar-refractivity contribution < 1.29 is 23.2 Å². The Labute approximate surface area is 187 Å². The molecule has 4 heterocycles. The summed E-state index contributed by atoms with van der Waals surface area (Å²) in [4.78, 5) is 42.6. The fourth-order valence-electron chi connectivity index (χ4n) is 4.43. The van der Waals surface area contributed by atoms with Crippen molar-refractivity contribution in [3.05, 3.63) is 48.0 Å². The van der Waals surface area contributed by atoms with E-state index in [1.54, 1.807) is 36.3 Å². The first-order valence-electron chi connectivity index (χ1n) is 10.4. The van der Waals surface area contributed by atoms with Crippen molar-refractivity contribution in [2.24, 2.45) is 7.05 Å². The van der Waals surface area contributed by atoms with Crippen LogP contribution < -0.4 is 5.32 Å². The molecule has 11 heteroatoms. The highest BCUT2D eigenvalue weighted by Crippen LogP contribution is 2.34. The summed E-state index contributed by atoms with van der Waals surface area (Å²) in [6.07, 6.45) is 2.68. The number of piperidine rings is 1. The lowest BCUT2D eigenvalue weighted by Crippen LogP contribution is -2.52. The minimum atomic E-state index is -2.51. The number of hydrogen-bond acceptors (Lipinski definition) is 5. The smallest absolute Gasteiger partial charge is 0.257 e. The second-order valence-corrected chi connectivity index (χ2v) is 8.17. The topological polar surface area (TPSA) is 102 Å². The van der Waals surface area contributed by atoms with Gasteiger partial charge in [-0.1, -0.05) is 6.07 Å². The van der Waals surface area contributed by atoms with Gasteiger partial charge >= 0.3 is 0 Å². The fraction of sp³-hybridized carbons (Fsp3) is 0.318. The molecular formula is C22H20F2N6O3. The summed E-state index contributed by atoms with van der Waals surface area (Å²) >= 11 is 0. The van der Waals surface area contributed by atoms with Gasteiger partial charge in [-0.05, 0) is 24.1 Å². The molecule has 2 aliphatic heterocycles. The van der Waals surface area contributed by atoms with Crippen molar-refractivity contribution in [2.45, 2.75) is 38.4 Å². The Morgan fingerprint density at radius 2 is 2.03 bits per heavy atom. The molecule has 1 aromatic carbocycles. The predicted octanol–water partition coefficient (Wildman–Crippen LogP) is 1.98. The molecule has 5 rings (SSSR count). The van der Waals surface area contributed by atoms with E-state index in [9.17, 15) is 23.2 Å². The standard InChI is InChI=1S/C22H20F2N6O3/c1-28-11-25-19(20(28)14-7-26-29(8-14)10-17(23)24)12-2-3-15-13(6-12)9-30(22(15)33)16-4-5-18(31)27-21(16)32/h2-3,6-8,11,16-17H,4-5,9-10H2,1H3,(H,27,31,32). The maximum absolute atomic E-state index is 12.9. The quantitative estimate of drug-likeness (QED) is 0.594. The van der Waals surface area contributed by atoms with Crippen LogP contribution >= 0.6 is 0 Å². The molecule has 2 aliphatic rings. The highest BCUT2D eigenvalue weighted by atomic mass is 19.3. The summed E-state index contributed by atoms with van der Waals surface area (Å²) in [6, 6.07) is 4.66. The average molecular weight is 454 g/mol. The third kappa shape index (κ3) is 3.69. The molecule has 1 N–H and O–H groups in total. The monoisotopic (exact) mass is 454 g/mol. The first-order chi connectivity index (χ1) is 15.8. The van der Waals surface area contributed by atoms with Gasteiger partial charge in [0.15, 0.2) is 0 Å². The van der Waals surface area contributed by atoms with E-state index in [-0.39, 0.29) is 24.8 Å². The number of benzene rings is 1. The first-order valence-corrected chi connectivity index (χ1v) is 10.4. The number of amides is 3. The molecule has 0 spiro atoms. The van der Waals surface area contributed by atoms with Crippen LogP contribution in [0.3, 0.4) is 0 Å². The summed E-state index contributed by atoms with van der Waals surface area (Å²) in [5.74, 6) is -1.04. The molecule has 170 valence electrons. The Morgan fingerprint density at radius 1 is 1.21 bits per heavy atom. The third-order valence-electron chi connectivity index (χ3n) is 5.97. The zero-order valence-electron chi connectivity index (χ0n) is 17.7. The Hall–Kier alpha value is -3.89. The number of aryl methyl sites for hydroxylation is 1. The van der Waals surface area contributed by atoms with Crippen molar-refractivity contribution in [2.75, 3.05) is 0 Å². The largest absolute Gasteiger partial charge is 0.333 e. The summed E-state index contributed by atoms with van der Waals surface area (Å²) in [6.45, 7) is -0.243. The zero-order chi connectivity index (χ0) is 23.3. The van der Waals surface area contributed by atoms with Crippen LogP contribution in [-0.4, -0.2) is 54.4 Å². The molecule has 33 heavy (non-hydrogen) atoms. The highest BCUT2D eigenvalue weighted by Gasteiger charge is 2.39. The van der Waals surface area contributed by atoms with E-state index in [4.69, 9.17) is 0 Å². The summed E-state index contributed by atoms with van der Waals surface area (Å²) < 4.78 is 28.4. The summed E-state index contributed by atoms with van der Waals surface area (Å²) in [7, 11) is 1.80. The Morgan fingerprint density at radius 3 is 2.79 bits per heavy atom. The number of alkyl halides is 2. The van der Waals surface area contributed by atoms with Gasteiger partial charge in [-0.3, -0.25) is 24.4 Å². The van der Waals surface area contributed by atoms with E-state index in [0.29, 0.717) is 28.9 Å². The van der Waals surface area contributed by atoms with Crippen LogP contribution in [0.1, 0.15) is 28.8 Å². The van der Waals surface area contributed by atoms with E-state index in [1.807, 2.05) is 6.07 Å². The van der Waals surface area contributed by atoms with Crippen LogP contribution in [0.2, 0.25) is 0 Å². The van der Waals surface area contributed by atoms with Gasteiger partial charge < -0.3 is 9.47 Å². The van der Waals surface area contributed by atoms with Gasteiger partial charge in [0.1, 0.15) is 12.6 Å². The van der Waals surface area contributed by atoms with Crippen molar-refractivity contribution in [1.82, 2.24) is 29.5 Å². The molecule has 1 atom stereocenters. The van der Waals surface area contributed by atoms with Crippen LogP contribution in [-0.2, 0) is 29.7 Å². The fourth-order valence-corrected chi connectivity index (χ4v) is 4.43. The van der Waals surface area contributed by atoms with Crippen molar-refractivity contribution >= 4 is 17.7 Å². The first kappa shape index (κ1) is 21.0. The van der Waals surface area contributed by atoms with Gasteiger partial charge in [-0.25, -0.2) is 13.8 Å². The second-order valence-electron chi connectivity index (χ2n) is 8.17. The van der Waals surface area contributed by atoms with Crippen LogP contribution in [0.15, 0.2) is 36.9 Å². The maximum atomic E-state index is 12.9. The Balaban J connectivity index is 1.45. The third-order valence-corrected chi connectivity index (χ3v) is 5.97. The van der Waals surface area contributed by atoms with Crippen molar-refractivity contribution in [1.29, 1.82) is 0 Å². The maximum Gasteiger partial charge on any atom is 0.257 e. The van der Waals surface area contributed by atoms with Crippen molar-refractivity contribution in [3.8, 4) is 22.5 Å². The number of imide groups is 1. The lowest BCUT2D eigenvalue weighted by atomic mass is 10.0. The van der Waals surface area contributed by atoms with Gasteiger partial charge in [0.25, 0.3) is 12.3 Å². The van der Waals surface area contributed by atoms with Crippen molar-refractivity contribution in [3.63, 3.8) is 0 Å². The number of fused-ring (bicyclic) bond motifs is 1. The van der Waals surface area contributed by atoms with Crippen LogP contribution in [0, 0.1) is 0 Å². The second kappa shape index (κ2) is 7.91. The number of aromatic nitrogens is 4. The molecule has 9 nitrogen and oxygen atoms in total. The molecule has 0 bridgehead atoms. The molecule has 0 saturated carbocycles. The van der Waals surface area contributed by atoms with Crippen LogP contribution in [0.5, 0.6) is 0 Å². The minimum Gasteiger partial charge on any atom is -0.333 e. The van der Waals surface area contributed by atoms with Gasteiger partial charge in [0.2, 0.25) is 11.8 Å². The zero-order valence-corrected chi connectivity index (χ0v) is 17.7. The van der Waals surface area contributed by atoms with E-state index in [1.165, 1.54) is 15.8 Å². The molecular weight excluding hydrogens is 434 g/mol. The minimum absolute atomic E-state index is 0.193.